The summed E-state index contributed by atoms with van der Waals surface area (Å²) in [5, 5.41) is 5.64. The van der Waals surface area contributed by atoms with Crippen LogP contribution >= 0.6 is 0 Å². The molecule has 0 aliphatic rings. The van der Waals surface area contributed by atoms with Crippen molar-refractivity contribution >= 4 is 27.4 Å². The van der Waals surface area contributed by atoms with Gasteiger partial charge in [-0.1, -0.05) is 30.3 Å². The van der Waals surface area contributed by atoms with Gasteiger partial charge in [-0.2, -0.15) is 0 Å². The van der Waals surface area contributed by atoms with Crippen molar-refractivity contribution in [3.05, 3.63) is 59.7 Å². The molecule has 7 heteroatoms. The Hall–Kier alpha value is -2.54. The third-order valence-corrected chi connectivity index (χ3v) is 4.04. The van der Waals surface area contributed by atoms with Gasteiger partial charge in [0.15, 0.2) is 0 Å². The molecular formula is C17H21N3O3S. The van der Waals surface area contributed by atoms with Crippen molar-refractivity contribution in [2.75, 3.05) is 16.3 Å². The molecule has 128 valence electrons. The van der Waals surface area contributed by atoms with Crippen molar-refractivity contribution < 1.29 is 13.2 Å². The Labute approximate surface area is 142 Å². The van der Waals surface area contributed by atoms with E-state index < -0.39 is 10.0 Å². The number of carbonyl (C=O) groups excluding carboxylic acids is 1. The number of para-hydroxylation sites is 1. The molecule has 3 N–H and O–H groups in total. The number of hydrogen-bond donors (Lipinski definition) is 3. The number of nitrogens with one attached hydrogen (secondary N) is 3. The average molecular weight is 347 g/mol. The van der Waals surface area contributed by atoms with Gasteiger partial charge < -0.3 is 10.6 Å². The van der Waals surface area contributed by atoms with Crippen molar-refractivity contribution in [2.24, 2.45) is 0 Å². The quantitative estimate of drug-likeness (QED) is 0.776. The summed E-state index contributed by atoms with van der Waals surface area (Å²) in [5.74, 6) is 0. The maximum Gasteiger partial charge on any atom is 0.319 e. The first-order chi connectivity index (χ1) is 11.2. The predicted molar refractivity (Wildman–Crippen MR) is 96.7 cm³/mol. The van der Waals surface area contributed by atoms with Crippen LogP contribution in [0.5, 0.6) is 0 Å². The minimum Gasteiger partial charge on any atom is -0.331 e. The summed E-state index contributed by atoms with van der Waals surface area (Å²) in [5.41, 5.74) is 2.97. The van der Waals surface area contributed by atoms with Crippen LogP contribution in [0.3, 0.4) is 0 Å². The molecule has 0 aromatic heterocycles. The zero-order valence-corrected chi connectivity index (χ0v) is 14.6. The van der Waals surface area contributed by atoms with Gasteiger partial charge in [0.25, 0.3) is 0 Å². The molecule has 0 bridgehead atoms. The second kappa shape index (κ2) is 7.35. The van der Waals surface area contributed by atoms with Gasteiger partial charge in [-0.3, -0.25) is 4.72 Å². The van der Waals surface area contributed by atoms with Gasteiger partial charge >= 0.3 is 6.03 Å². The van der Waals surface area contributed by atoms with Gasteiger partial charge in [0.05, 0.1) is 12.3 Å². The molecule has 2 aromatic rings. The second-order valence-electron chi connectivity index (χ2n) is 5.63. The Morgan fingerprint density at radius 2 is 1.79 bits per heavy atom. The number of rotatable bonds is 5. The number of benzene rings is 2. The molecule has 6 nitrogen and oxygen atoms in total. The third kappa shape index (κ3) is 5.27. The van der Waals surface area contributed by atoms with Crippen molar-refractivity contribution in [3.8, 4) is 0 Å². The van der Waals surface area contributed by atoms with Gasteiger partial charge in [0.2, 0.25) is 10.0 Å². The van der Waals surface area contributed by atoms with E-state index in [0.29, 0.717) is 5.69 Å². The first-order valence-corrected chi connectivity index (χ1v) is 9.34. The van der Waals surface area contributed by atoms with E-state index in [9.17, 15) is 13.2 Å². The minimum absolute atomic E-state index is 0.282. The lowest BCUT2D eigenvalue weighted by atomic mass is 10.1. The molecule has 2 rings (SSSR count). The van der Waals surface area contributed by atoms with Gasteiger partial charge in [-0.15, -0.1) is 0 Å². The number of amides is 2. The number of urea groups is 1. The number of carbonyl (C=O) groups is 1. The van der Waals surface area contributed by atoms with Crippen molar-refractivity contribution in [1.29, 1.82) is 0 Å². The van der Waals surface area contributed by atoms with E-state index in [-0.39, 0.29) is 12.1 Å². The first kappa shape index (κ1) is 17.8. The van der Waals surface area contributed by atoms with Crippen LogP contribution in [0.2, 0.25) is 0 Å². The Kier molecular flexibility index (Phi) is 5.46. The van der Waals surface area contributed by atoms with Crippen LogP contribution < -0.4 is 15.4 Å². The van der Waals surface area contributed by atoms with E-state index in [0.717, 1.165) is 23.1 Å². The lowest BCUT2D eigenvalue weighted by molar-refractivity contribution is 0.249. The molecule has 0 saturated carbocycles. The Morgan fingerprint density at radius 1 is 1.08 bits per heavy atom. The Morgan fingerprint density at radius 3 is 2.46 bits per heavy atom. The maximum atomic E-state index is 12.1. The highest BCUT2D eigenvalue weighted by atomic mass is 32.2. The summed E-state index contributed by atoms with van der Waals surface area (Å²) in [6.07, 6.45) is 1.09. The largest absolute Gasteiger partial charge is 0.331 e. The number of sulfonamides is 1. The van der Waals surface area contributed by atoms with Crippen molar-refractivity contribution in [2.45, 2.75) is 19.9 Å². The summed E-state index contributed by atoms with van der Waals surface area (Å²) in [4.78, 5) is 12.1. The van der Waals surface area contributed by atoms with Crippen LogP contribution in [-0.4, -0.2) is 20.7 Å². The molecule has 1 unspecified atom stereocenters. The Balaban J connectivity index is 2.04. The highest BCUT2D eigenvalue weighted by molar-refractivity contribution is 7.92. The SMILES string of the molecule is Cc1ccccc1NC(=O)NC(C)c1cccc(NS(C)(=O)=O)c1. The molecule has 0 fully saturated rings. The van der Waals surface area contributed by atoms with E-state index >= 15 is 0 Å². The van der Waals surface area contributed by atoms with E-state index in [4.69, 9.17) is 0 Å². The van der Waals surface area contributed by atoms with E-state index in [2.05, 4.69) is 15.4 Å². The molecule has 1 atom stereocenters. The Bertz CT molecular complexity index is 834. The fourth-order valence-electron chi connectivity index (χ4n) is 2.24. The normalized spacial score (nSPS) is 12.3. The molecule has 2 amide bonds. The van der Waals surface area contributed by atoms with Crippen LogP contribution in [0, 0.1) is 6.92 Å². The summed E-state index contributed by atoms with van der Waals surface area (Å²) < 4.78 is 25.0. The molecule has 0 radical (unpaired) electrons. The summed E-state index contributed by atoms with van der Waals surface area (Å²) in [6, 6.07) is 13.8. The fourth-order valence-corrected chi connectivity index (χ4v) is 2.79. The zero-order chi connectivity index (χ0) is 17.7. The highest BCUT2D eigenvalue weighted by Crippen LogP contribution is 2.19. The molecule has 2 aromatic carbocycles. The number of aryl methyl sites for hydroxylation is 1. The average Bonchev–Trinajstić information content (AvgIpc) is 2.48. The first-order valence-electron chi connectivity index (χ1n) is 7.45. The van der Waals surface area contributed by atoms with Crippen LogP contribution in [0.1, 0.15) is 24.1 Å². The molecule has 0 aliphatic heterocycles. The van der Waals surface area contributed by atoms with Crippen molar-refractivity contribution in [3.63, 3.8) is 0 Å². The number of hydrogen-bond acceptors (Lipinski definition) is 3. The summed E-state index contributed by atoms with van der Waals surface area (Å²) >= 11 is 0. The standard InChI is InChI=1S/C17H21N3O3S/c1-12-7-4-5-10-16(12)19-17(21)18-13(2)14-8-6-9-15(11-14)20-24(3,22)23/h4-11,13,20H,1-3H3,(H2,18,19,21). The highest BCUT2D eigenvalue weighted by Gasteiger charge is 2.11. The van der Waals surface area contributed by atoms with E-state index in [1.54, 1.807) is 18.2 Å². The molecule has 0 saturated heterocycles. The lowest BCUT2D eigenvalue weighted by Crippen LogP contribution is -2.31. The summed E-state index contributed by atoms with van der Waals surface area (Å²) in [7, 11) is -3.34. The van der Waals surface area contributed by atoms with E-state index in [1.807, 2.05) is 44.2 Å². The van der Waals surface area contributed by atoms with Gasteiger partial charge in [0, 0.05) is 11.4 Å². The monoisotopic (exact) mass is 347 g/mol. The third-order valence-electron chi connectivity index (χ3n) is 3.43. The number of anilines is 2. The molecule has 0 spiro atoms. The van der Waals surface area contributed by atoms with Crippen LogP contribution in [0.25, 0.3) is 0 Å². The fraction of sp³-hybridized carbons (Fsp3) is 0.235. The second-order valence-corrected chi connectivity index (χ2v) is 7.38. The molecular weight excluding hydrogens is 326 g/mol. The van der Waals surface area contributed by atoms with Crippen LogP contribution in [-0.2, 0) is 10.0 Å². The molecule has 0 heterocycles. The lowest BCUT2D eigenvalue weighted by Gasteiger charge is -2.17. The molecule has 24 heavy (non-hydrogen) atoms. The topological polar surface area (TPSA) is 87.3 Å². The maximum absolute atomic E-state index is 12.1. The van der Waals surface area contributed by atoms with Crippen molar-refractivity contribution in [1.82, 2.24) is 5.32 Å². The summed E-state index contributed by atoms with van der Waals surface area (Å²) in [6.45, 7) is 3.75. The predicted octanol–water partition coefficient (Wildman–Crippen LogP) is 3.25. The zero-order valence-electron chi connectivity index (χ0n) is 13.8. The van der Waals surface area contributed by atoms with Crippen LogP contribution in [0.4, 0.5) is 16.2 Å². The van der Waals surface area contributed by atoms with Gasteiger partial charge in [0.1, 0.15) is 0 Å². The smallest absolute Gasteiger partial charge is 0.319 e. The van der Waals surface area contributed by atoms with E-state index in [1.165, 1.54) is 0 Å². The van der Waals surface area contributed by atoms with Crippen LogP contribution in [0.15, 0.2) is 48.5 Å². The van der Waals surface area contributed by atoms with Gasteiger partial charge in [-0.25, -0.2) is 13.2 Å². The van der Waals surface area contributed by atoms with Gasteiger partial charge in [-0.05, 0) is 43.2 Å². The molecule has 0 aliphatic carbocycles. The minimum atomic E-state index is -3.34.